The van der Waals surface area contributed by atoms with Crippen molar-refractivity contribution in [2.75, 3.05) is 7.11 Å². The molecule has 0 heterocycles. The van der Waals surface area contributed by atoms with Gasteiger partial charge in [-0.25, -0.2) is 4.79 Å². The number of rotatable bonds is 4. The maximum absolute atomic E-state index is 11.2. The fraction of sp³-hybridized carbons (Fsp3) is 0.636. The number of nitrogens with zero attached hydrogens (tertiary/aromatic N) is 2. The van der Waals surface area contributed by atoms with Crippen LogP contribution in [0.4, 0.5) is 4.79 Å². The predicted octanol–water partition coefficient (Wildman–Crippen LogP) is 1.00. The van der Waals surface area contributed by atoms with Gasteiger partial charge in [-0.2, -0.15) is 5.10 Å². The lowest BCUT2D eigenvalue weighted by Crippen LogP contribution is -2.35. The first-order chi connectivity index (χ1) is 9.06. The molecule has 0 radical (unpaired) electrons. The van der Waals surface area contributed by atoms with Crippen LogP contribution in [-0.2, 0) is 9.53 Å². The number of halogens is 1. The van der Waals surface area contributed by atoms with E-state index in [4.69, 9.17) is 5.84 Å². The summed E-state index contributed by atoms with van der Waals surface area (Å²) in [5.74, 6) is 4.49. The van der Waals surface area contributed by atoms with Crippen molar-refractivity contribution < 1.29 is 14.3 Å². The molecule has 1 saturated carbocycles. The third kappa shape index (κ3) is 5.53. The molecule has 3 N–H and O–H groups in total. The van der Waals surface area contributed by atoms with Gasteiger partial charge in [0.25, 0.3) is 3.91 Å². The van der Waals surface area contributed by atoms with Gasteiger partial charge in [0.1, 0.15) is 0 Å². The Bertz CT molecular complexity index is 389. The SMILES string of the molecule is COC(=O)C(C=NC1CCC(NC(=O)I)CC1)=NN. The summed E-state index contributed by atoms with van der Waals surface area (Å²) in [6, 6.07) is 0.350. The van der Waals surface area contributed by atoms with Gasteiger partial charge in [-0.1, -0.05) is 0 Å². The van der Waals surface area contributed by atoms with Crippen LogP contribution in [0.2, 0.25) is 0 Å². The van der Waals surface area contributed by atoms with Crippen molar-refractivity contribution in [3.63, 3.8) is 0 Å². The van der Waals surface area contributed by atoms with Crippen molar-refractivity contribution in [1.29, 1.82) is 0 Å². The molecule has 1 rings (SSSR count). The Morgan fingerprint density at radius 2 is 2.00 bits per heavy atom. The molecule has 1 amide bonds. The molecule has 0 bridgehead atoms. The number of hydrogen-bond donors (Lipinski definition) is 2. The second kappa shape index (κ2) is 8.08. The van der Waals surface area contributed by atoms with Crippen LogP contribution in [0, 0.1) is 0 Å². The number of hydrazone groups is 1. The van der Waals surface area contributed by atoms with E-state index in [0.29, 0.717) is 0 Å². The molecular formula is C11H17IN4O3. The molecule has 0 unspecified atom stereocenters. The maximum Gasteiger partial charge on any atom is 0.360 e. The lowest BCUT2D eigenvalue weighted by Gasteiger charge is -2.26. The summed E-state index contributed by atoms with van der Waals surface area (Å²) in [6.07, 6.45) is 4.83. The highest BCUT2D eigenvalue weighted by molar-refractivity contribution is 14.1. The number of ether oxygens (including phenoxy) is 1. The molecule has 8 heteroatoms. The molecule has 0 aromatic heterocycles. The average molecular weight is 380 g/mol. The second-order valence-corrected chi connectivity index (χ2v) is 5.19. The van der Waals surface area contributed by atoms with Gasteiger partial charge in [-0.05, 0) is 25.7 Å². The van der Waals surface area contributed by atoms with E-state index < -0.39 is 5.97 Å². The van der Waals surface area contributed by atoms with E-state index in [1.807, 2.05) is 0 Å². The fourth-order valence-electron chi connectivity index (χ4n) is 1.95. The van der Waals surface area contributed by atoms with Gasteiger partial charge in [0.2, 0.25) is 0 Å². The first kappa shape index (κ1) is 15.9. The Kier molecular flexibility index (Phi) is 6.74. The minimum absolute atomic E-state index is 0.00480. The highest BCUT2D eigenvalue weighted by Gasteiger charge is 2.21. The molecule has 0 aromatic carbocycles. The largest absolute Gasteiger partial charge is 0.464 e. The number of carbonyl (C=O) groups excluding carboxylic acids is 2. The van der Waals surface area contributed by atoms with Gasteiger partial charge in [-0.3, -0.25) is 9.79 Å². The zero-order valence-corrected chi connectivity index (χ0v) is 12.8. The molecule has 1 fully saturated rings. The van der Waals surface area contributed by atoms with E-state index in [9.17, 15) is 9.59 Å². The number of hydrogen-bond acceptors (Lipinski definition) is 6. The van der Waals surface area contributed by atoms with E-state index >= 15 is 0 Å². The zero-order chi connectivity index (χ0) is 14.3. The van der Waals surface area contributed by atoms with Crippen molar-refractivity contribution in [2.24, 2.45) is 15.9 Å². The number of esters is 1. The van der Waals surface area contributed by atoms with Crippen LogP contribution in [0.15, 0.2) is 10.1 Å². The topological polar surface area (TPSA) is 106 Å². The highest BCUT2D eigenvalue weighted by atomic mass is 127. The number of amides is 1. The number of aliphatic imine (C=N–C) groups is 1. The number of nitrogens with two attached hydrogens (primary N) is 1. The molecule has 0 aliphatic heterocycles. The number of carbonyl (C=O) groups is 2. The van der Waals surface area contributed by atoms with Crippen molar-refractivity contribution in [2.45, 2.75) is 37.8 Å². The van der Waals surface area contributed by atoms with E-state index in [1.165, 1.54) is 13.3 Å². The van der Waals surface area contributed by atoms with Gasteiger partial charge in [-0.15, -0.1) is 0 Å². The van der Waals surface area contributed by atoms with Crippen LogP contribution in [-0.4, -0.2) is 41.0 Å². The van der Waals surface area contributed by atoms with Crippen LogP contribution >= 0.6 is 22.6 Å². The molecule has 1 aliphatic carbocycles. The molecule has 0 saturated heterocycles. The Balaban J connectivity index is 2.44. The first-order valence-electron chi connectivity index (χ1n) is 5.92. The molecule has 0 aromatic rings. The zero-order valence-electron chi connectivity index (χ0n) is 10.6. The molecule has 106 valence electrons. The summed E-state index contributed by atoms with van der Waals surface area (Å²) in [6.45, 7) is 0. The van der Waals surface area contributed by atoms with Crippen LogP contribution in [0.5, 0.6) is 0 Å². The van der Waals surface area contributed by atoms with Crippen molar-refractivity contribution in [3.05, 3.63) is 0 Å². The minimum Gasteiger partial charge on any atom is -0.464 e. The third-order valence-corrected chi connectivity index (χ3v) is 3.27. The Hall–Kier alpha value is -1.19. The van der Waals surface area contributed by atoms with Gasteiger partial charge in [0.05, 0.1) is 19.4 Å². The van der Waals surface area contributed by atoms with Crippen LogP contribution in [0.25, 0.3) is 0 Å². The summed E-state index contributed by atoms with van der Waals surface area (Å²) in [5, 5.41) is 6.22. The lowest BCUT2D eigenvalue weighted by molar-refractivity contribution is -0.132. The summed E-state index contributed by atoms with van der Waals surface area (Å²) in [4.78, 5) is 26.4. The first-order valence-corrected chi connectivity index (χ1v) is 7.00. The molecule has 0 atom stereocenters. The predicted molar refractivity (Wildman–Crippen MR) is 80.7 cm³/mol. The number of methoxy groups -OCH3 is 1. The van der Waals surface area contributed by atoms with E-state index in [-0.39, 0.29) is 21.7 Å². The molecule has 7 nitrogen and oxygen atoms in total. The van der Waals surface area contributed by atoms with Crippen molar-refractivity contribution >= 4 is 44.4 Å². The third-order valence-electron chi connectivity index (χ3n) is 2.96. The normalized spacial score (nSPS) is 24.2. The highest BCUT2D eigenvalue weighted by Crippen LogP contribution is 2.21. The summed E-state index contributed by atoms with van der Waals surface area (Å²) >= 11 is 1.73. The fourth-order valence-corrected chi connectivity index (χ4v) is 2.39. The summed E-state index contributed by atoms with van der Waals surface area (Å²) in [5.41, 5.74) is 0.00480. The monoisotopic (exact) mass is 380 g/mol. The average Bonchev–Trinajstić information content (AvgIpc) is 2.40. The van der Waals surface area contributed by atoms with Gasteiger partial charge >= 0.3 is 5.97 Å². The van der Waals surface area contributed by atoms with E-state index in [2.05, 4.69) is 20.1 Å². The standard InChI is InChI=1S/C11H17IN4O3/c1-19-10(17)9(16-13)6-14-7-2-4-8(5-3-7)15-11(12)18/h6-8H,2-5,13H2,1H3,(H,15,18). The lowest BCUT2D eigenvalue weighted by atomic mass is 9.92. The molecule has 19 heavy (non-hydrogen) atoms. The van der Waals surface area contributed by atoms with Crippen molar-refractivity contribution in [1.82, 2.24) is 5.32 Å². The van der Waals surface area contributed by atoms with Gasteiger partial charge in [0, 0.05) is 28.6 Å². The van der Waals surface area contributed by atoms with Gasteiger partial charge in [0.15, 0.2) is 5.71 Å². The van der Waals surface area contributed by atoms with Crippen molar-refractivity contribution in [3.8, 4) is 0 Å². The van der Waals surface area contributed by atoms with Crippen LogP contribution < -0.4 is 11.2 Å². The molecule has 0 spiro atoms. The van der Waals surface area contributed by atoms with E-state index in [1.54, 1.807) is 22.6 Å². The summed E-state index contributed by atoms with van der Waals surface area (Å²) in [7, 11) is 1.26. The molecule has 1 aliphatic rings. The van der Waals surface area contributed by atoms with E-state index in [0.717, 1.165) is 25.7 Å². The molecular weight excluding hydrogens is 363 g/mol. The quantitative estimate of drug-likeness (QED) is 0.144. The second-order valence-electron chi connectivity index (χ2n) is 4.21. The Morgan fingerprint density at radius 1 is 1.37 bits per heavy atom. The summed E-state index contributed by atoms with van der Waals surface area (Å²) < 4.78 is 4.48. The van der Waals surface area contributed by atoms with Crippen LogP contribution in [0.1, 0.15) is 25.7 Å². The smallest absolute Gasteiger partial charge is 0.360 e. The Labute approximate surface area is 125 Å². The number of nitrogens with one attached hydrogen (secondary N) is 1. The minimum atomic E-state index is -0.600. The van der Waals surface area contributed by atoms with Crippen LogP contribution in [0.3, 0.4) is 0 Å². The maximum atomic E-state index is 11.2. The Morgan fingerprint density at radius 3 is 2.47 bits per heavy atom. The van der Waals surface area contributed by atoms with Gasteiger partial charge < -0.3 is 15.9 Å².